The molecule has 2 N–H and O–H groups in total. The Morgan fingerprint density at radius 3 is 2.43 bits per heavy atom. The Morgan fingerprint density at radius 2 is 1.79 bits per heavy atom. The summed E-state index contributed by atoms with van der Waals surface area (Å²) < 4.78 is 0. The van der Waals surface area contributed by atoms with Gasteiger partial charge in [0.05, 0.1) is 0 Å². The molecule has 0 atom stereocenters. The zero-order valence-corrected chi connectivity index (χ0v) is 9.14. The molecule has 0 unspecified atom stereocenters. The molecule has 2 rings (SSSR count). The molecule has 1 fully saturated rings. The Bertz CT molecular complexity index is 335. The lowest BCUT2D eigenvalue weighted by Crippen LogP contribution is -2.01. The van der Waals surface area contributed by atoms with Gasteiger partial charge in [0.2, 0.25) is 0 Å². The van der Waals surface area contributed by atoms with E-state index in [0.717, 1.165) is 11.6 Å². The molecule has 0 spiro atoms. The molecule has 1 saturated carbocycles. The second kappa shape index (κ2) is 3.64. The van der Waals surface area contributed by atoms with Crippen molar-refractivity contribution < 1.29 is 0 Å². The Balaban J connectivity index is 2.38. The summed E-state index contributed by atoms with van der Waals surface area (Å²) in [6.45, 7) is 4.25. The molecule has 1 heteroatoms. The van der Waals surface area contributed by atoms with E-state index in [4.69, 9.17) is 5.73 Å². The predicted octanol–water partition coefficient (Wildman–Crippen LogP) is 3.54. The third kappa shape index (κ3) is 1.52. The van der Waals surface area contributed by atoms with Crippen LogP contribution >= 0.6 is 0 Å². The molecule has 1 aliphatic carbocycles. The highest BCUT2D eigenvalue weighted by atomic mass is 14.6. The van der Waals surface area contributed by atoms with Crippen LogP contribution in [0.1, 0.15) is 48.3 Å². The third-order valence-electron chi connectivity index (χ3n) is 3.57. The van der Waals surface area contributed by atoms with E-state index in [1.54, 1.807) is 0 Å². The molecule has 1 nitrogen and oxygen atoms in total. The lowest BCUT2D eigenvalue weighted by molar-refractivity contribution is 0.718. The Morgan fingerprint density at radius 1 is 1.14 bits per heavy atom. The number of nitrogen functional groups attached to an aromatic ring is 1. The molecular formula is C13H19N. The van der Waals surface area contributed by atoms with Crippen LogP contribution in [-0.4, -0.2) is 0 Å². The van der Waals surface area contributed by atoms with E-state index in [9.17, 15) is 0 Å². The van der Waals surface area contributed by atoms with Crippen LogP contribution < -0.4 is 5.73 Å². The van der Waals surface area contributed by atoms with Gasteiger partial charge in [0.15, 0.2) is 0 Å². The second-order valence-electron chi connectivity index (χ2n) is 4.49. The van der Waals surface area contributed by atoms with Crippen LogP contribution in [0.5, 0.6) is 0 Å². The Hall–Kier alpha value is -0.980. The van der Waals surface area contributed by atoms with E-state index in [1.165, 1.54) is 42.4 Å². The van der Waals surface area contributed by atoms with Crippen molar-refractivity contribution >= 4 is 5.69 Å². The van der Waals surface area contributed by atoms with Crippen molar-refractivity contribution in [2.45, 2.75) is 45.4 Å². The van der Waals surface area contributed by atoms with Gasteiger partial charge in [0.25, 0.3) is 0 Å². The maximum Gasteiger partial charge on any atom is 0.0376 e. The molecule has 1 aromatic rings. The minimum absolute atomic E-state index is 0.776. The van der Waals surface area contributed by atoms with Crippen LogP contribution in [-0.2, 0) is 0 Å². The fourth-order valence-electron chi connectivity index (χ4n) is 2.56. The molecule has 0 heterocycles. The second-order valence-corrected chi connectivity index (χ2v) is 4.49. The highest BCUT2D eigenvalue weighted by Crippen LogP contribution is 2.37. The highest BCUT2D eigenvalue weighted by Gasteiger charge is 2.19. The van der Waals surface area contributed by atoms with Crippen molar-refractivity contribution in [3.8, 4) is 0 Å². The van der Waals surface area contributed by atoms with Crippen molar-refractivity contribution in [3.63, 3.8) is 0 Å². The standard InChI is InChI=1S/C13H19N/c1-9-7-8-12(10(2)13(9)14)11-5-3-4-6-11/h7-8,11H,3-6,14H2,1-2H3. The summed E-state index contributed by atoms with van der Waals surface area (Å²) >= 11 is 0. The summed E-state index contributed by atoms with van der Waals surface area (Å²) in [6, 6.07) is 4.44. The van der Waals surface area contributed by atoms with E-state index < -0.39 is 0 Å². The monoisotopic (exact) mass is 189 g/mol. The number of anilines is 1. The van der Waals surface area contributed by atoms with Gasteiger partial charge in [-0.2, -0.15) is 0 Å². The molecule has 0 aliphatic heterocycles. The summed E-state index contributed by atoms with van der Waals surface area (Å²) in [4.78, 5) is 0. The van der Waals surface area contributed by atoms with Crippen molar-refractivity contribution in [1.29, 1.82) is 0 Å². The van der Waals surface area contributed by atoms with Crippen LogP contribution in [0.2, 0.25) is 0 Å². The lowest BCUT2D eigenvalue weighted by atomic mass is 9.91. The molecule has 0 aromatic heterocycles. The van der Waals surface area contributed by atoms with E-state index in [1.807, 2.05) is 0 Å². The van der Waals surface area contributed by atoms with E-state index in [-0.39, 0.29) is 0 Å². The van der Waals surface area contributed by atoms with Gasteiger partial charge in [0.1, 0.15) is 0 Å². The van der Waals surface area contributed by atoms with Crippen LogP contribution in [0.4, 0.5) is 5.69 Å². The first-order chi connectivity index (χ1) is 6.70. The summed E-state index contributed by atoms with van der Waals surface area (Å²) in [5, 5.41) is 0. The topological polar surface area (TPSA) is 26.0 Å². The number of hydrogen-bond donors (Lipinski definition) is 1. The summed E-state index contributed by atoms with van der Waals surface area (Å²) in [6.07, 6.45) is 5.47. The maximum absolute atomic E-state index is 6.05. The molecule has 1 aliphatic rings. The fourth-order valence-corrected chi connectivity index (χ4v) is 2.56. The van der Waals surface area contributed by atoms with Crippen molar-refractivity contribution in [1.82, 2.24) is 0 Å². The molecule has 0 bridgehead atoms. The first-order valence-corrected chi connectivity index (χ1v) is 5.55. The quantitative estimate of drug-likeness (QED) is 0.672. The summed E-state index contributed by atoms with van der Waals surface area (Å²) in [5.74, 6) is 0.776. The number of aryl methyl sites for hydroxylation is 1. The van der Waals surface area contributed by atoms with Gasteiger partial charge in [-0.1, -0.05) is 25.0 Å². The van der Waals surface area contributed by atoms with Crippen LogP contribution in [0.25, 0.3) is 0 Å². The lowest BCUT2D eigenvalue weighted by Gasteiger charge is -2.16. The number of nitrogens with two attached hydrogens (primary N) is 1. The van der Waals surface area contributed by atoms with Gasteiger partial charge >= 0.3 is 0 Å². The summed E-state index contributed by atoms with van der Waals surface area (Å²) in [5.41, 5.74) is 11.1. The SMILES string of the molecule is Cc1ccc(C2CCCC2)c(C)c1N. The minimum Gasteiger partial charge on any atom is -0.398 e. The molecule has 0 amide bonds. The number of benzene rings is 1. The van der Waals surface area contributed by atoms with Crippen LogP contribution in [0.15, 0.2) is 12.1 Å². The minimum atomic E-state index is 0.776. The molecule has 0 radical (unpaired) electrons. The first kappa shape index (κ1) is 9.57. The maximum atomic E-state index is 6.05. The zero-order valence-electron chi connectivity index (χ0n) is 9.14. The van der Waals surface area contributed by atoms with E-state index in [2.05, 4.69) is 26.0 Å². The average molecular weight is 189 g/mol. The van der Waals surface area contributed by atoms with Gasteiger partial charge in [-0.3, -0.25) is 0 Å². The van der Waals surface area contributed by atoms with Crippen molar-refractivity contribution in [2.24, 2.45) is 0 Å². The highest BCUT2D eigenvalue weighted by molar-refractivity contribution is 5.56. The van der Waals surface area contributed by atoms with Crippen molar-refractivity contribution in [2.75, 3.05) is 5.73 Å². The average Bonchev–Trinajstić information content (AvgIpc) is 2.67. The normalized spacial score (nSPS) is 17.6. The molecule has 1 aromatic carbocycles. The fraction of sp³-hybridized carbons (Fsp3) is 0.538. The summed E-state index contributed by atoms with van der Waals surface area (Å²) in [7, 11) is 0. The van der Waals surface area contributed by atoms with Gasteiger partial charge in [-0.15, -0.1) is 0 Å². The molecule has 14 heavy (non-hydrogen) atoms. The number of hydrogen-bond acceptors (Lipinski definition) is 1. The smallest absolute Gasteiger partial charge is 0.0376 e. The largest absolute Gasteiger partial charge is 0.398 e. The molecule has 0 saturated heterocycles. The molecule has 76 valence electrons. The number of rotatable bonds is 1. The zero-order chi connectivity index (χ0) is 10.1. The predicted molar refractivity (Wildman–Crippen MR) is 61.5 cm³/mol. The van der Waals surface area contributed by atoms with Crippen LogP contribution in [0.3, 0.4) is 0 Å². The van der Waals surface area contributed by atoms with Gasteiger partial charge in [-0.25, -0.2) is 0 Å². The van der Waals surface area contributed by atoms with E-state index in [0.29, 0.717) is 0 Å². The molecular weight excluding hydrogens is 170 g/mol. The van der Waals surface area contributed by atoms with Crippen molar-refractivity contribution in [3.05, 3.63) is 28.8 Å². The Kier molecular flexibility index (Phi) is 2.49. The first-order valence-electron chi connectivity index (χ1n) is 5.55. The van der Waals surface area contributed by atoms with Gasteiger partial charge in [-0.05, 0) is 49.3 Å². The third-order valence-corrected chi connectivity index (χ3v) is 3.57. The van der Waals surface area contributed by atoms with Gasteiger partial charge < -0.3 is 5.73 Å². The van der Waals surface area contributed by atoms with E-state index >= 15 is 0 Å². The van der Waals surface area contributed by atoms with Crippen LogP contribution in [0, 0.1) is 13.8 Å². The van der Waals surface area contributed by atoms with Gasteiger partial charge in [0, 0.05) is 5.69 Å². The Labute approximate surface area is 86.3 Å².